The van der Waals surface area contributed by atoms with Crippen LogP contribution in [0.5, 0.6) is 0 Å². The molecular weight excluding hydrogens is 266 g/mol. The summed E-state index contributed by atoms with van der Waals surface area (Å²) in [7, 11) is 0. The minimum Gasteiger partial charge on any atom is -0.396 e. The summed E-state index contributed by atoms with van der Waals surface area (Å²) in [6.07, 6.45) is 4.10. The predicted molar refractivity (Wildman–Crippen MR) is 74.2 cm³/mol. The molecule has 1 unspecified atom stereocenters. The molecular formula is C13H20ClN3O2. The van der Waals surface area contributed by atoms with Crippen LogP contribution in [-0.2, 0) is 0 Å². The fraction of sp³-hybridized carbons (Fsp3) is 0.615. The number of nitrogens with zero attached hydrogens (tertiary/aromatic N) is 2. The van der Waals surface area contributed by atoms with E-state index in [2.05, 4.69) is 22.2 Å². The smallest absolute Gasteiger partial charge is 0.271 e. The van der Waals surface area contributed by atoms with Crippen LogP contribution >= 0.6 is 11.6 Å². The van der Waals surface area contributed by atoms with Gasteiger partial charge in [0.05, 0.1) is 11.2 Å². The van der Waals surface area contributed by atoms with Crippen molar-refractivity contribution in [1.82, 2.24) is 15.3 Å². The van der Waals surface area contributed by atoms with Crippen LogP contribution < -0.4 is 5.32 Å². The van der Waals surface area contributed by atoms with Gasteiger partial charge in [0.25, 0.3) is 5.91 Å². The zero-order chi connectivity index (χ0) is 14.3. The lowest BCUT2D eigenvalue weighted by Crippen LogP contribution is -2.30. The summed E-state index contributed by atoms with van der Waals surface area (Å²) in [6, 6.07) is 0. The Bertz CT molecular complexity index is 420. The van der Waals surface area contributed by atoms with Crippen LogP contribution in [0.2, 0.25) is 5.02 Å². The summed E-state index contributed by atoms with van der Waals surface area (Å²) in [5.41, 5.74) is 0.202. The summed E-state index contributed by atoms with van der Waals surface area (Å²) in [5.74, 6) is 0.491. The van der Waals surface area contributed by atoms with Crippen molar-refractivity contribution in [1.29, 1.82) is 0 Å². The van der Waals surface area contributed by atoms with Crippen LogP contribution in [0.25, 0.3) is 0 Å². The quantitative estimate of drug-likeness (QED) is 0.803. The zero-order valence-electron chi connectivity index (χ0n) is 11.3. The van der Waals surface area contributed by atoms with Gasteiger partial charge < -0.3 is 10.4 Å². The van der Waals surface area contributed by atoms with E-state index >= 15 is 0 Å². The number of aliphatic hydroxyl groups excluding tert-OH is 1. The second kappa shape index (κ2) is 8.07. The van der Waals surface area contributed by atoms with Gasteiger partial charge in [-0.15, -0.1) is 0 Å². The predicted octanol–water partition coefficient (Wildman–Crippen LogP) is 1.97. The average Bonchev–Trinajstić information content (AvgIpc) is 2.39. The van der Waals surface area contributed by atoms with Crippen LogP contribution in [0.4, 0.5) is 0 Å². The monoisotopic (exact) mass is 285 g/mol. The van der Waals surface area contributed by atoms with Crippen molar-refractivity contribution in [3.63, 3.8) is 0 Å². The zero-order valence-corrected chi connectivity index (χ0v) is 12.1. The molecule has 0 aromatic carbocycles. The van der Waals surface area contributed by atoms with Crippen LogP contribution in [0.3, 0.4) is 0 Å². The SMILES string of the molecule is CCCC(CCO)CNC(=O)c1nc(C)ncc1Cl. The molecule has 1 atom stereocenters. The lowest BCUT2D eigenvalue weighted by atomic mass is 10.0. The molecule has 0 aliphatic rings. The summed E-state index contributed by atoms with van der Waals surface area (Å²) < 4.78 is 0. The van der Waals surface area contributed by atoms with Gasteiger partial charge in [0.2, 0.25) is 0 Å². The van der Waals surface area contributed by atoms with Crippen LogP contribution in [0.1, 0.15) is 42.5 Å². The topological polar surface area (TPSA) is 75.1 Å². The lowest BCUT2D eigenvalue weighted by Gasteiger charge is -2.15. The first-order chi connectivity index (χ1) is 9.08. The summed E-state index contributed by atoms with van der Waals surface area (Å²) in [4.78, 5) is 19.9. The molecule has 0 saturated heterocycles. The molecule has 19 heavy (non-hydrogen) atoms. The number of carbonyl (C=O) groups excluding carboxylic acids is 1. The van der Waals surface area contributed by atoms with Crippen molar-refractivity contribution in [3.05, 3.63) is 22.7 Å². The molecule has 1 heterocycles. The van der Waals surface area contributed by atoms with E-state index in [0.29, 0.717) is 18.8 Å². The Morgan fingerprint density at radius 2 is 2.26 bits per heavy atom. The van der Waals surface area contributed by atoms with Gasteiger partial charge in [-0.1, -0.05) is 24.9 Å². The highest BCUT2D eigenvalue weighted by Crippen LogP contribution is 2.13. The summed E-state index contributed by atoms with van der Waals surface area (Å²) in [5, 5.41) is 12.0. The Kier molecular flexibility index (Phi) is 6.73. The largest absolute Gasteiger partial charge is 0.396 e. The Morgan fingerprint density at radius 3 is 2.89 bits per heavy atom. The number of carbonyl (C=O) groups is 1. The minimum atomic E-state index is -0.297. The highest BCUT2D eigenvalue weighted by molar-refractivity contribution is 6.33. The number of hydrogen-bond acceptors (Lipinski definition) is 4. The van der Waals surface area contributed by atoms with E-state index in [1.54, 1.807) is 6.92 Å². The first-order valence-electron chi connectivity index (χ1n) is 6.46. The Labute approximate surface area is 118 Å². The van der Waals surface area contributed by atoms with Crippen LogP contribution in [0.15, 0.2) is 6.20 Å². The highest BCUT2D eigenvalue weighted by atomic mass is 35.5. The standard InChI is InChI=1S/C13H20ClN3O2/c1-3-4-10(5-6-18)7-16-13(19)12-11(14)8-15-9(2)17-12/h8,10,18H,3-7H2,1-2H3,(H,16,19). The van der Waals surface area contributed by atoms with E-state index in [-0.39, 0.29) is 29.1 Å². The molecule has 0 saturated carbocycles. The molecule has 5 nitrogen and oxygen atoms in total. The second-order valence-electron chi connectivity index (χ2n) is 4.49. The maximum absolute atomic E-state index is 12.0. The molecule has 0 spiro atoms. The molecule has 1 aromatic rings. The van der Waals surface area contributed by atoms with Gasteiger partial charge in [-0.25, -0.2) is 9.97 Å². The lowest BCUT2D eigenvalue weighted by molar-refractivity contribution is 0.0937. The van der Waals surface area contributed by atoms with Crippen molar-refractivity contribution in [2.24, 2.45) is 5.92 Å². The fourth-order valence-electron chi connectivity index (χ4n) is 1.87. The molecule has 1 aromatic heterocycles. The number of nitrogens with one attached hydrogen (secondary N) is 1. The molecule has 0 fully saturated rings. The number of aromatic nitrogens is 2. The Morgan fingerprint density at radius 1 is 1.53 bits per heavy atom. The molecule has 0 aliphatic carbocycles. The molecule has 0 aliphatic heterocycles. The fourth-order valence-corrected chi connectivity index (χ4v) is 2.05. The first-order valence-corrected chi connectivity index (χ1v) is 6.84. The van der Waals surface area contributed by atoms with E-state index in [1.165, 1.54) is 6.20 Å². The number of amides is 1. The molecule has 106 valence electrons. The molecule has 6 heteroatoms. The molecule has 1 amide bonds. The van der Waals surface area contributed by atoms with Crippen molar-refractivity contribution < 1.29 is 9.90 Å². The normalized spacial score (nSPS) is 12.2. The first kappa shape index (κ1) is 15.9. The average molecular weight is 286 g/mol. The van der Waals surface area contributed by atoms with E-state index in [0.717, 1.165) is 12.8 Å². The second-order valence-corrected chi connectivity index (χ2v) is 4.90. The van der Waals surface area contributed by atoms with Gasteiger partial charge in [0.15, 0.2) is 0 Å². The van der Waals surface area contributed by atoms with Crippen molar-refractivity contribution in [3.8, 4) is 0 Å². The molecule has 1 rings (SSSR count). The maximum atomic E-state index is 12.0. The Hall–Kier alpha value is -1.20. The van der Waals surface area contributed by atoms with Gasteiger partial charge in [-0.3, -0.25) is 4.79 Å². The van der Waals surface area contributed by atoms with Gasteiger partial charge in [0, 0.05) is 13.2 Å². The van der Waals surface area contributed by atoms with Gasteiger partial charge in [-0.05, 0) is 25.7 Å². The number of aryl methyl sites for hydroxylation is 1. The van der Waals surface area contributed by atoms with Gasteiger partial charge in [0.1, 0.15) is 11.5 Å². The molecule has 0 radical (unpaired) electrons. The van der Waals surface area contributed by atoms with Crippen LogP contribution in [0, 0.1) is 12.8 Å². The van der Waals surface area contributed by atoms with Gasteiger partial charge >= 0.3 is 0 Å². The number of rotatable bonds is 7. The number of aliphatic hydroxyl groups is 1. The van der Waals surface area contributed by atoms with Crippen molar-refractivity contribution in [2.75, 3.05) is 13.2 Å². The minimum absolute atomic E-state index is 0.133. The number of halogens is 1. The maximum Gasteiger partial charge on any atom is 0.271 e. The third-order valence-corrected chi connectivity index (χ3v) is 3.14. The summed E-state index contributed by atoms with van der Waals surface area (Å²) in [6.45, 7) is 4.44. The van der Waals surface area contributed by atoms with E-state index in [1.807, 2.05) is 0 Å². The van der Waals surface area contributed by atoms with E-state index < -0.39 is 0 Å². The number of hydrogen-bond donors (Lipinski definition) is 2. The van der Waals surface area contributed by atoms with Crippen LogP contribution in [-0.4, -0.2) is 34.1 Å². The third-order valence-electron chi connectivity index (χ3n) is 2.87. The van der Waals surface area contributed by atoms with E-state index in [4.69, 9.17) is 16.7 Å². The molecule has 0 bridgehead atoms. The Balaban J connectivity index is 2.61. The highest BCUT2D eigenvalue weighted by Gasteiger charge is 2.15. The molecule has 2 N–H and O–H groups in total. The van der Waals surface area contributed by atoms with Crippen molar-refractivity contribution in [2.45, 2.75) is 33.1 Å². The van der Waals surface area contributed by atoms with Crippen molar-refractivity contribution >= 4 is 17.5 Å². The third kappa shape index (κ3) is 5.12. The van der Waals surface area contributed by atoms with Gasteiger partial charge in [-0.2, -0.15) is 0 Å². The summed E-state index contributed by atoms with van der Waals surface area (Å²) >= 11 is 5.90. The van der Waals surface area contributed by atoms with E-state index in [9.17, 15) is 4.79 Å².